The average Bonchev–Trinajstić information content (AvgIpc) is 2.74. The summed E-state index contributed by atoms with van der Waals surface area (Å²) in [6.45, 7) is 2.27. The molecule has 1 saturated carbocycles. The van der Waals surface area contributed by atoms with Crippen molar-refractivity contribution < 1.29 is 9.47 Å². The minimum atomic E-state index is 0.0594. The van der Waals surface area contributed by atoms with E-state index in [0.717, 1.165) is 66.5 Å². The third-order valence-corrected chi connectivity index (χ3v) is 6.04. The van der Waals surface area contributed by atoms with Crippen LogP contribution in [0.4, 0.5) is 0 Å². The summed E-state index contributed by atoms with van der Waals surface area (Å²) in [5, 5.41) is 0. The first-order valence-corrected chi connectivity index (χ1v) is 10.2. The van der Waals surface area contributed by atoms with Gasteiger partial charge in [-0.05, 0) is 25.3 Å². The van der Waals surface area contributed by atoms with E-state index in [2.05, 4.69) is 16.0 Å². The molecule has 0 spiro atoms. The van der Waals surface area contributed by atoms with Crippen molar-refractivity contribution in [3.05, 3.63) is 51.2 Å². The monoisotopic (exact) mass is 383 g/mol. The summed E-state index contributed by atoms with van der Waals surface area (Å²) in [6, 6.07) is 5.96. The molecule has 6 heteroatoms. The number of fused-ring (bicyclic) bond motifs is 1. The number of rotatable bonds is 5. The molecule has 0 unspecified atom stereocenters. The van der Waals surface area contributed by atoms with Gasteiger partial charge in [-0.1, -0.05) is 31.4 Å². The number of aromatic nitrogens is 2. The highest BCUT2D eigenvalue weighted by Gasteiger charge is 2.25. The minimum Gasteiger partial charge on any atom is -0.493 e. The van der Waals surface area contributed by atoms with Crippen LogP contribution in [0.15, 0.2) is 23.0 Å². The van der Waals surface area contributed by atoms with Gasteiger partial charge in [0.2, 0.25) is 0 Å². The lowest BCUT2D eigenvalue weighted by Crippen LogP contribution is -2.35. The first-order chi connectivity index (χ1) is 13.7. The van der Waals surface area contributed by atoms with E-state index in [1.165, 1.54) is 19.3 Å². The van der Waals surface area contributed by atoms with Crippen LogP contribution in [0, 0.1) is 0 Å². The van der Waals surface area contributed by atoms with E-state index in [1.54, 1.807) is 14.2 Å². The molecule has 0 amide bonds. The Hall–Kier alpha value is -2.34. The zero-order chi connectivity index (χ0) is 19.5. The van der Waals surface area contributed by atoms with Gasteiger partial charge in [0.05, 0.1) is 19.9 Å². The van der Waals surface area contributed by atoms with Crippen LogP contribution in [0.1, 0.15) is 60.7 Å². The number of benzene rings is 1. The number of ether oxygens (including phenoxy) is 2. The van der Waals surface area contributed by atoms with Gasteiger partial charge in [-0.25, -0.2) is 4.98 Å². The van der Waals surface area contributed by atoms with Crippen LogP contribution in [-0.2, 0) is 19.5 Å². The highest BCUT2D eigenvalue weighted by atomic mass is 16.5. The van der Waals surface area contributed by atoms with Gasteiger partial charge >= 0.3 is 0 Å². The molecule has 28 heavy (non-hydrogen) atoms. The largest absolute Gasteiger partial charge is 0.493 e. The fourth-order valence-electron chi connectivity index (χ4n) is 4.54. The smallest absolute Gasteiger partial charge is 0.254 e. The highest BCUT2D eigenvalue weighted by molar-refractivity contribution is 5.46. The first-order valence-electron chi connectivity index (χ1n) is 10.2. The van der Waals surface area contributed by atoms with E-state index in [9.17, 15) is 4.79 Å². The molecule has 1 N–H and O–H groups in total. The van der Waals surface area contributed by atoms with E-state index in [0.29, 0.717) is 12.5 Å². The lowest BCUT2D eigenvalue weighted by atomic mass is 9.88. The summed E-state index contributed by atoms with van der Waals surface area (Å²) in [7, 11) is 3.33. The molecular weight excluding hydrogens is 354 g/mol. The normalized spacial score (nSPS) is 17.9. The maximum Gasteiger partial charge on any atom is 0.254 e. The van der Waals surface area contributed by atoms with Crippen molar-refractivity contribution in [1.29, 1.82) is 0 Å². The Balaban J connectivity index is 1.56. The van der Waals surface area contributed by atoms with Crippen LogP contribution in [-0.4, -0.2) is 35.6 Å². The number of aromatic amines is 1. The second kappa shape index (κ2) is 8.35. The van der Waals surface area contributed by atoms with E-state index >= 15 is 0 Å². The molecule has 1 aliphatic heterocycles. The van der Waals surface area contributed by atoms with E-state index in [-0.39, 0.29) is 5.56 Å². The molecule has 6 nitrogen and oxygen atoms in total. The standard InChI is InChI=1S/C22H29N3O3/c1-27-19-10-6-9-16(20(19)28-2)13-25-12-11-17-18(14-25)23-21(24-22(17)26)15-7-4-3-5-8-15/h6,9-10,15H,3-5,7-8,11-14H2,1-2H3,(H,23,24,26). The molecule has 0 radical (unpaired) electrons. The van der Waals surface area contributed by atoms with E-state index in [4.69, 9.17) is 14.5 Å². The lowest BCUT2D eigenvalue weighted by molar-refractivity contribution is 0.234. The molecule has 1 aromatic carbocycles. The minimum absolute atomic E-state index is 0.0594. The van der Waals surface area contributed by atoms with Crippen LogP contribution >= 0.6 is 0 Å². The molecule has 2 heterocycles. The molecule has 0 saturated heterocycles. The van der Waals surface area contributed by atoms with Crippen molar-refractivity contribution in [2.45, 2.75) is 57.5 Å². The quantitative estimate of drug-likeness (QED) is 0.857. The fourth-order valence-corrected chi connectivity index (χ4v) is 4.54. The van der Waals surface area contributed by atoms with Crippen molar-refractivity contribution in [3.63, 3.8) is 0 Å². The van der Waals surface area contributed by atoms with Crippen LogP contribution in [0.25, 0.3) is 0 Å². The number of para-hydroxylation sites is 1. The van der Waals surface area contributed by atoms with Crippen molar-refractivity contribution in [2.24, 2.45) is 0 Å². The molecule has 150 valence electrons. The summed E-state index contributed by atoms with van der Waals surface area (Å²) >= 11 is 0. The molecule has 2 aliphatic rings. The van der Waals surface area contributed by atoms with Gasteiger partial charge < -0.3 is 14.5 Å². The topological polar surface area (TPSA) is 67.5 Å². The molecule has 4 rings (SSSR count). The SMILES string of the molecule is COc1cccc(CN2CCc3c(nc(C4CCCCC4)[nH]c3=O)C2)c1OC. The number of hydrogen-bond donors (Lipinski definition) is 1. The third kappa shape index (κ3) is 3.78. The Kier molecular flexibility index (Phi) is 5.67. The molecule has 0 atom stereocenters. The van der Waals surface area contributed by atoms with Gasteiger partial charge in [-0.15, -0.1) is 0 Å². The van der Waals surface area contributed by atoms with Crippen LogP contribution in [0.2, 0.25) is 0 Å². The number of H-pyrrole nitrogens is 1. The molecule has 1 aromatic heterocycles. The summed E-state index contributed by atoms with van der Waals surface area (Å²) < 4.78 is 11.0. The number of nitrogens with zero attached hydrogens (tertiary/aromatic N) is 2. The van der Waals surface area contributed by atoms with Gasteiger partial charge in [-0.3, -0.25) is 9.69 Å². The van der Waals surface area contributed by atoms with Crippen molar-refractivity contribution in [2.75, 3.05) is 20.8 Å². The molecule has 2 aromatic rings. The predicted molar refractivity (Wildman–Crippen MR) is 108 cm³/mol. The number of hydrogen-bond acceptors (Lipinski definition) is 5. The highest BCUT2D eigenvalue weighted by Crippen LogP contribution is 2.33. The second-order valence-electron chi connectivity index (χ2n) is 7.82. The van der Waals surface area contributed by atoms with Crippen molar-refractivity contribution >= 4 is 0 Å². The molecule has 1 aliphatic carbocycles. The average molecular weight is 383 g/mol. The maximum atomic E-state index is 12.6. The second-order valence-corrected chi connectivity index (χ2v) is 7.82. The van der Waals surface area contributed by atoms with Gasteiger partial charge in [0.15, 0.2) is 11.5 Å². The van der Waals surface area contributed by atoms with Gasteiger partial charge in [0.1, 0.15) is 5.82 Å². The molecule has 1 fully saturated rings. The van der Waals surface area contributed by atoms with Crippen LogP contribution < -0.4 is 15.0 Å². The summed E-state index contributed by atoms with van der Waals surface area (Å²) in [6.07, 6.45) is 6.75. The Morgan fingerprint density at radius 1 is 1.18 bits per heavy atom. The maximum absolute atomic E-state index is 12.6. The molecular formula is C22H29N3O3. The van der Waals surface area contributed by atoms with E-state index in [1.807, 2.05) is 12.1 Å². The Bertz CT molecular complexity index is 887. The number of nitrogens with one attached hydrogen (secondary N) is 1. The zero-order valence-electron chi connectivity index (χ0n) is 16.8. The summed E-state index contributed by atoms with van der Waals surface area (Å²) in [4.78, 5) is 22.9. The van der Waals surface area contributed by atoms with Crippen LogP contribution in [0.5, 0.6) is 11.5 Å². The Morgan fingerprint density at radius 3 is 2.75 bits per heavy atom. The number of methoxy groups -OCH3 is 2. The van der Waals surface area contributed by atoms with Crippen molar-refractivity contribution in [3.8, 4) is 11.5 Å². The summed E-state index contributed by atoms with van der Waals surface area (Å²) in [5.41, 5.74) is 2.94. The zero-order valence-corrected chi connectivity index (χ0v) is 16.8. The Labute approximate surface area is 165 Å². The van der Waals surface area contributed by atoms with Crippen molar-refractivity contribution in [1.82, 2.24) is 14.9 Å². The predicted octanol–water partition coefficient (Wildman–Crippen LogP) is 3.39. The summed E-state index contributed by atoms with van der Waals surface area (Å²) in [5.74, 6) is 2.81. The lowest BCUT2D eigenvalue weighted by Gasteiger charge is -2.29. The van der Waals surface area contributed by atoms with Gasteiger partial charge in [0, 0.05) is 36.7 Å². The fraction of sp³-hybridized carbons (Fsp3) is 0.545. The van der Waals surface area contributed by atoms with E-state index < -0.39 is 0 Å². The van der Waals surface area contributed by atoms with Gasteiger partial charge in [-0.2, -0.15) is 0 Å². The Morgan fingerprint density at radius 2 is 2.00 bits per heavy atom. The first kappa shape index (κ1) is 19.0. The van der Waals surface area contributed by atoms with Gasteiger partial charge in [0.25, 0.3) is 5.56 Å². The molecule has 0 bridgehead atoms. The van der Waals surface area contributed by atoms with Crippen LogP contribution in [0.3, 0.4) is 0 Å². The third-order valence-electron chi connectivity index (χ3n) is 6.04.